The molecule has 7 heteroatoms. The first-order chi connectivity index (χ1) is 10.6. The lowest BCUT2D eigenvalue weighted by Gasteiger charge is -2.11. The van der Waals surface area contributed by atoms with E-state index in [0.29, 0.717) is 11.7 Å². The van der Waals surface area contributed by atoms with Gasteiger partial charge in [0.2, 0.25) is 0 Å². The van der Waals surface area contributed by atoms with Gasteiger partial charge in [0.1, 0.15) is 5.15 Å². The van der Waals surface area contributed by atoms with Gasteiger partial charge >= 0.3 is 0 Å². The molecule has 0 radical (unpaired) electrons. The molecule has 0 unspecified atom stereocenters. The summed E-state index contributed by atoms with van der Waals surface area (Å²) in [7, 11) is 1.76. The number of hydrogen-bond donors (Lipinski definition) is 2. The highest BCUT2D eigenvalue weighted by atomic mass is 35.5. The molecule has 2 aromatic heterocycles. The van der Waals surface area contributed by atoms with Crippen LogP contribution in [0.25, 0.3) is 0 Å². The predicted molar refractivity (Wildman–Crippen MR) is 92.7 cm³/mol. The van der Waals surface area contributed by atoms with Gasteiger partial charge in [0.05, 0.1) is 10.7 Å². The molecule has 2 aromatic rings. The van der Waals surface area contributed by atoms with Crippen LogP contribution in [0.4, 0.5) is 0 Å². The van der Waals surface area contributed by atoms with Gasteiger partial charge in [0, 0.05) is 37.6 Å². The van der Waals surface area contributed by atoms with Crippen molar-refractivity contribution < 1.29 is 0 Å². The average Bonchev–Trinajstić information content (AvgIpc) is 2.83. The molecule has 0 saturated heterocycles. The lowest BCUT2D eigenvalue weighted by atomic mass is 10.3. The minimum absolute atomic E-state index is 0.500. The van der Waals surface area contributed by atoms with Crippen LogP contribution in [-0.2, 0) is 13.0 Å². The molecule has 0 fully saturated rings. The average molecular weight is 338 g/mol. The summed E-state index contributed by atoms with van der Waals surface area (Å²) in [5.41, 5.74) is 2.18. The number of pyridine rings is 1. The Morgan fingerprint density at radius 1 is 1.32 bits per heavy atom. The van der Waals surface area contributed by atoms with Crippen molar-refractivity contribution in [2.24, 2.45) is 4.99 Å². The maximum absolute atomic E-state index is 5.77. The number of hydrogen-bond acceptors (Lipinski definition) is 4. The van der Waals surface area contributed by atoms with Crippen molar-refractivity contribution in [1.82, 2.24) is 20.6 Å². The fraction of sp³-hybridized carbons (Fsp3) is 0.400. The van der Waals surface area contributed by atoms with Gasteiger partial charge in [-0.15, -0.1) is 11.3 Å². The van der Waals surface area contributed by atoms with Crippen molar-refractivity contribution in [3.05, 3.63) is 44.6 Å². The molecule has 118 valence electrons. The number of halogens is 1. The first-order valence-corrected chi connectivity index (χ1v) is 8.26. The third-order valence-electron chi connectivity index (χ3n) is 3.18. The van der Waals surface area contributed by atoms with Crippen LogP contribution >= 0.6 is 22.9 Å². The minimum Gasteiger partial charge on any atom is -0.356 e. The second-order valence-electron chi connectivity index (χ2n) is 4.84. The van der Waals surface area contributed by atoms with Gasteiger partial charge in [-0.1, -0.05) is 17.7 Å². The number of aromatic nitrogens is 2. The fourth-order valence-electron chi connectivity index (χ4n) is 1.85. The van der Waals surface area contributed by atoms with Crippen LogP contribution in [-0.4, -0.2) is 29.5 Å². The molecule has 0 spiro atoms. The molecule has 0 aromatic carbocycles. The van der Waals surface area contributed by atoms with Crippen LogP contribution in [0.2, 0.25) is 5.15 Å². The van der Waals surface area contributed by atoms with Gasteiger partial charge in [-0.05, 0) is 25.5 Å². The Labute approximate surface area is 139 Å². The lowest BCUT2D eigenvalue weighted by molar-refractivity contribution is 0.789. The Hall–Kier alpha value is -1.66. The minimum atomic E-state index is 0.500. The summed E-state index contributed by atoms with van der Waals surface area (Å²) in [6.45, 7) is 5.60. The summed E-state index contributed by atoms with van der Waals surface area (Å²) in [5.74, 6) is 0.764. The Balaban J connectivity index is 1.76. The first-order valence-electron chi connectivity index (χ1n) is 7.06. The zero-order valence-corrected chi connectivity index (χ0v) is 14.6. The van der Waals surface area contributed by atoms with Gasteiger partial charge in [-0.3, -0.25) is 4.99 Å². The zero-order valence-electron chi connectivity index (χ0n) is 13.0. The maximum atomic E-state index is 5.77. The van der Waals surface area contributed by atoms with E-state index in [4.69, 9.17) is 11.6 Å². The summed E-state index contributed by atoms with van der Waals surface area (Å²) in [5, 5.41) is 8.19. The molecule has 0 aliphatic heterocycles. The number of guanidine groups is 1. The van der Waals surface area contributed by atoms with Crippen LogP contribution < -0.4 is 10.6 Å². The number of rotatable bonds is 5. The van der Waals surface area contributed by atoms with Crippen molar-refractivity contribution in [2.75, 3.05) is 13.6 Å². The first kappa shape index (κ1) is 16.7. The molecule has 0 atom stereocenters. The molecule has 22 heavy (non-hydrogen) atoms. The largest absolute Gasteiger partial charge is 0.356 e. The topological polar surface area (TPSA) is 62.2 Å². The van der Waals surface area contributed by atoms with E-state index in [0.717, 1.165) is 35.2 Å². The number of aryl methyl sites for hydroxylation is 2. The Morgan fingerprint density at radius 2 is 2.14 bits per heavy atom. The van der Waals surface area contributed by atoms with Gasteiger partial charge in [-0.25, -0.2) is 9.97 Å². The third-order valence-corrected chi connectivity index (χ3v) is 4.53. The van der Waals surface area contributed by atoms with Crippen molar-refractivity contribution in [3.8, 4) is 0 Å². The van der Waals surface area contributed by atoms with Gasteiger partial charge in [-0.2, -0.15) is 0 Å². The van der Waals surface area contributed by atoms with E-state index in [1.807, 2.05) is 13.0 Å². The molecule has 2 N–H and O–H groups in total. The molecule has 0 bridgehead atoms. The molecule has 2 rings (SSSR count). The van der Waals surface area contributed by atoms with Gasteiger partial charge in [0.25, 0.3) is 0 Å². The molecule has 2 heterocycles. The summed E-state index contributed by atoms with van der Waals surface area (Å²) in [6, 6.07) is 3.72. The van der Waals surface area contributed by atoms with E-state index in [9.17, 15) is 0 Å². The van der Waals surface area contributed by atoms with Gasteiger partial charge < -0.3 is 10.6 Å². The quantitative estimate of drug-likeness (QED) is 0.500. The van der Waals surface area contributed by atoms with Crippen molar-refractivity contribution in [3.63, 3.8) is 0 Å². The predicted octanol–water partition coefficient (Wildman–Crippen LogP) is 2.72. The Bertz CT molecular complexity index is 616. The van der Waals surface area contributed by atoms with Crippen molar-refractivity contribution in [1.29, 1.82) is 0 Å². The van der Waals surface area contributed by atoms with E-state index >= 15 is 0 Å². The van der Waals surface area contributed by atoms with Crippen LogP contribution in [0.5, 0.6) is 0 Å². The molecule has 0 aliphatic carbocycles. The summed E-state index contributed by atoms with van der Waals surface area (Å²) in [4.78, 5) is 14.1. The fourth-order valence-corrected chi connectivity index (χ4v) is 2.90. The van der Waals surface area contributed by atoms with Crippen LogP contribution in [0.1, 0.15) is 21.1 Å². The molecule has 5 nitrogen and oxygen atoms in total. The second kappa shape index (κ2) is 8.10. The van der Waals surface area contributed by atoms with Crippen molar-refractivity contribution in [2.45, 2.75) is 26.8 Å². The smallest absolute Gasteiger partial charge is 0.191 e. The summed E-state index contributed by atoms with van der Waals surface area (Å²) < 4.78 is 0. The zero-order chi connectivity index (χ0) is 15.9. The molecule has 0 saturated carbocycles. The highest BCUT2D eigenvalue weighted by molar-refractivity contribution is 7.11. The van der Waals surface area contributed by atoms with Crippen LogP contribution in [0.15, 0.2) is 23.3 Å². The van der Waals surface area contributed by atoms with E-state index in [1.54, 1.807) is 30.6 Å². The lowest BCUT2D eigenvalue weighted by Crippen LogP contribution is -2.37. The van der Waals surface area contributed by atoms with Gasteiger partial charge in [0.15, 0.2) is 5.96 Å². The van der Waals surface area contributed by atoms with Crippen LogP contribution in [0, 0.1) is 13.8 Å². The highest BCUT2D eigenvalue weighted by Crippen LogP contribution is 2.16. The molecule has 0 amide bonds. The normalized spacial score (nSPS) is 11.5. The molecular weight excluding hydrogens is 318 g/mol. The standard InChI is InChI=1S/C15H20ClN5S/c1-10-11(2)22-14(21-10)6-7-18-15(17-3)20-9-12-4-5-13(16)19-8-12/h4-5,8H,6-7,9H2,1-3H3,(H2,17,18,20). The maximum Gasteiger partial charge on any atom is 0.191 e. The highest BCUT2D eigenvalue weighted by Gasteiger charge is 2.04. The van der Waals surface area contributed by atoms with E-state index in [2.05, 4.69) is 32.5 Å². The van der Waals surface area contributed by atoms with E-state index in [-0.39, 0.29) is 0 Å². The monoisotopic (exact) mass is 337 g/mol. The number of thiazole rings is 1. The SMILES string of the molecule is CN=C(NCCc1nc(C)c(C)s1)NCc1ccc(Cl)nc1. The third kappa shape index (κ3) is 4.96. The van der Waals surface area contributed by atoms with Crippen molar-refractivity contribution >= 4 is 28.9 Å². The van der Waals surface area contributed by atoms with E-state index < -0.39 is 0 Å². The number of nitrogens with one attached hydrogen (secondary N) is 2. The Kier molecular flexibility index (Phi) is 6.15. The molecular formula is C15H20ClN5S. The number of nitrogens with zero attached hydrogens (tertiary/aromatic N) is 3. The molecule has 0 aliphatic rings. The second-order valence-corrected chi connectivity index (χ2v) is 6.52. The van der Waals surface area contributed by atoms with E-state index in [1.165, 1.54) is 4.88 Å². The Morgan fingerprint density at radius 3 is 2.73 bits per heavy atom. The summed E-state index contributed by atoms with van der Waals surface area (Å²) in [6.07, 6.45) is 2.65. The number of aliphatic imine (C=N–C) groups is 1. The summed E-state index contributed by atoms with van der Waals surface area (Å²) >= 11 is 7.52. The van der Waals surface area contributed by atoms with Crippen LogP contribution in [0.3, 0.4) is 0 Å².